The fourth-order valence-electron chi connectivity index (χ4n) is 8.11. The predicted molar refractivity (Wildman–Crippen MR) is 158 cm³/mol. The SMILES string of the molecule is CN1c2nc(OC[C@@]34CCCN3C[C@H](F)C4)nc3c(F)c(-c4cc(N)cc(Cl)c4C(F)(F)F)nc(c23)OC2(CC2)CC12CCC2. The molecular formula is C31H32ClF5N6O2. The van der Waals surface area contributed by atoms with Crippen molar-refractivity contribution in [1.29, 1.82) is 0 Å². The Morgan fingerprint density at radius 3 is 2.58 bits per heavy atom. The third kappa shape index (κ3) is 4.50. The van der Waals surface area contributed by atoms with Crippen LogP contribution >= 0.6 is 11.6 Å². The molecule has 45 heavy (non-hydrogen) atoms. The van der Waals surface area contributed by atoms with Crippen LogP contribution < -0.4 is 20.1 Å². The Morgan fingerprint density at radius 2 is 1.89 bits per heavy atom. The first-order valence-corrected chi connectivity index (χ1v) is 15.7. The third-order valence-electron chi connectivity index (χ3n) is 10.7. The van der Waals surface area contributed by atoms with Gasteiger partial charge in [0.05, 0.1) is 16.1 Å². The molecule has 2 N–H and O–H groups in total. The highest BCUT2D eigenvalue weighted by atomic mass is 35.5. The summed E-state index contributed by atoms with van der Waals surface area (Å²) in [5.74, 6) is -0.829. The highest BCUT2D eigenvalue weighted by Gasteiger charge is 2.57. The number of aromatic nitrogens is 3. The summed E-state index contributed by atoms with van der Waals surface area (Å²) in [6.07, 6.45) is 0.972. The quantitative estimate of drug-likeness (QED) is 0.246. The number of ether oxygens (including phenoxy) is 2. The van der Waals surface area contributed by atoms with Crippen LogP contribution in [-0.2, 0) is 6.18 Å². The zero-order chi connectivity index (χ0) is 31.5. The molecule has 5 heterocycles. The van der Waals surface area contributed by atoms with Gasteiger partial charge >= 0.3 is 12.2 Å². The van der Waals surface area contributed by atoms with Crippen LogP contribution in [0.5, 0.6) is 11.9 Å². The number of nitrogens with two attached hydrogens (primary N) is 1. The number of anilines is 2. The molecule has 14 heteroatoms. The molecule has 2 atom stereocenters. The first-order chi connectivity index (χ1) is 21.3. The molecule has 2 spiro atoms. The number of rotatable bonds is 4. The van der Waals surface area contributed by atoms with Crippen LogP contribution in [0.1, 0.15) is 63.4 Å². The van der Waals surface area contributed by atoms with E-state index in [1.807, 2.05) is 11.9 Å². The number of hydrogen-bond donors (Lipinski definition) is 1. The van der Waals surface area contributed by atoms with E-state index in [0.717, 1.165) is 63.6 Å². The Bertz CT molecular complexity index is 1730. The lowest BCUT2D eigenvalue weighted by atomic mass is 9.71. The molecule has 3 aromatic rings. The molecule has 2 aliphatic carbocycles. The number of hydrogen-bond acceptors (Lipinski definition) is 8. The van der Waals surface area contributed by atoms with Gasteiger partial charge < -0.3 is 20.1 Å². The van der Waals surface area contributed by atoms with E-state index >= 15 is 4.39 Å². The van der Waals surface area contributed by atoms with Crippen LogP contribution in [0.4, 0.5) is 33.5 Å². The summed E-state index contributed by atoms with van der Waals surface area (Å²) in [4.78, 5) is 17.7. The van der Waals surface area contributed by atoms with Crippen molar-refractivity contribution in [3.63, 3.8) is 0 Å². The summed E-state index contributed by atoms with van der Waals surface area (Å²) in [6, 6.07) is 1.83. The molecule has 8 rings (SSSR count). The molecule has 0 amide bonds. The van der Waals surface area contributed by atoms with Crippen LogP contribution in [0.3, 0.4) is 0 Å². The van der Waals surface area contributed by atoms with Crippen molar-refractivity contribution in [2.24, 2.45) is 0 Å². The highest BCUT2D eigenvalue weighted by molar-refractivity contribution is 6.32. The Morgan fingerprint density at radius 1 is 1.11 bits per heavy atom. The first kappa shape index (κ1) is 29.2. The average Bonchev–Trinajstić information content (AvgIpc) is 3.47. The molecule has 5 aliphatic rings. The minimum atomic E-state index is -4.93. The van der Waals surface area contributed by atoms with E-state index in [4.69, 9.17) is 31.8 Å². The lowest BCUT2D eigenvalue weighted by Crippen LogP contribution is -2.56. The van der Waals surface area contributed by atoms with Crippen LogP contribution in [0.2, 0.25) is 5.02 Å². The normalized spacial score (nSPS) is 26.5. The minimum absolute atomic E-state index is 0.0511. The van der Waals surface area contributed by atoms with Crippen LogP contribution in [0.15, 0.2) is 12.1 Å². The second kappa shape index (κ2) is 9.66. The van der Waals surface area contributed by atoms with Crippen molar-refractivity contribution in [1.82, 2.24) is 19.9 Å². The second-order valence-corrected chi connectivity index (χ2v) is 13.9. The first-order valence-electron chi connectivity index (χ1n) is 15.3. The van der Waals surface area contributed by atoms with Gasteiger partial charge in [-0.05, 0) is 63.6 Å². The number of fused-ring (bicyclic) bond motifs is 1. The predicted octanol–water partition coefficient (Wildman–Crippen LogP) is 6.71. The number of alkyl halides is 4. The number of nitrogens with zero attached hydrogens (tertiary/aromatic N) is 5. The maximum absolute atomic E-state index is 16.8. The zero-order valence-electron chi connectivity index (χ0n) is 24.6. The molecule has 3 aliphatic heterocycles. The van der Waals surface area contributed by atoms with Crippen LogP contribution in [0, 0.1) is 5.82 Å². The van der Waals surface area contributed by atoms with Gasteiger partial charge in [0, 0.05) is 43.2 Å². The summed E-state index contributed by atoms with van der Waals surface area (Å²) in [5.41, 5.74) is 1.63. The smallest absolute Gasteiger partial charge is 0.418 e. The van der Waals surface area contributed by atoms with Gasteiger partial charge in [-0.2, -0.15) is 23.1 Å². The van der Waals surface area contributed by atoms with Crippen molar-refractivity contribution >= 4 is 34.0 Å². The molecule has 2 aromatic heterocycles. The van der Waals surface area contributed by atoms with Crippen LogP contribution in [0.25, 0.3) is 22.2 Å². The maximum atomic E-state index is 16.8. The lowest BCUT2D eigenvalue weighted by molar-refractivity contribution is -0.137. The number of pyridine rings is 1. The van der Waals surface area contributed by atoms with Gasteiger partial charge in [0.15, 0.2) is 5.82 Å². The van der Waals surface area contributed by atoms with Gasteiger partial charge in [-0.15, -0.1) is 0 Å². The minimum Gasteiger partial charge on any atom is -0.470 e. The van der Waals surface area contributed by atoms with Gasteiger partial charge in [-0.3, -0.25) is 4.90 Å². The number of nitrogen functional groups attached to an aromatic ring is 1. The molecule has 0 unspecified atom stereocenters. The molecule has 0 bridgehead atoms. The molecule has 2 saturated heterocycles. The fraction of sp³-hybridized carbons (Fsp3) is 0.581. The molecule has 1 aromatic carbocycles. The summed E-state index contributed by atoms with van der Waals surface area (Å²) in [5, 5.41) is -0.513. The van der Waals surface area contributed by atoms with Crippen molar-refractivity contribution in [2.45, 2.75) is 86.8 Å². The van der Waals surface area contributed by atoms with Gasteiger partial charge in [-0.25, -0.2) is 13.8 Å². The molecule has 2 saturated carbocycles. The number of halogens is 6. The van der Waals surface area contributed by atoms with E-state index in [1.165, 1.54) is 0 Å². The third-order valence-corrected chi connectivity index (χ3v) is 11.0. The average molecular weight is 651 g/mol. The molecule has 4 fully saturated rings. The summed E-state index contributed by atoms with van der Waals surface area (Å²) >= 11 is 6.04. The van der Waals surface area contributed by atoms with E-state index in [0.29, 0.717) is 25.2 Å². The largest absolute Gasteiger partial charge is 0.470 e. The van der Waals surface area contributed by atoms with Crippen molar-refractivity contribution in [3.8, 4) is 23.1 Å². The van der Waals surface area contributed by atoms with E-state index in [-0.39, 0.29) is 40.6 Å². The van der Waals surface area contributed by atoms with Gasteiger partial charge in [-0.1, -0.05) is 11.6 Å². The van der Waals surface area contributed by atoms with Gasteiger partial charge in [0.2, 0.25) is 5.88 Å². The van der Waals surface area contributed by atoms with E-state index < -0.39 is 51.1 Å². The summed E-state index contributed by atoms with van der Waals surface area (Å²) in [6.45, 7) is 1.19. The lowest BCUT2D eigenvalue weighted by Gasteiger charge is -2.52. The Labute approximate surface area is 261 Å². The highest BCUT2D eigenvalue weighted by Crippen LogP contribution is 2.57. The summed E-state index contributed by atoms with van der Waals surface area (Å²) in [7, 11) is 1.89. The topological polar surface area (TPSA) is 89.6 Å². The van der Waals surface area contributed by atoms with Crippen molar-refractivity contribution in [2.75, 3.05) is 37.4 Å². The fourth-order valence-corrected chi connectivity index (χ4v) is 8.45. The van der Waals surface area contributed by atoms with Crippen molar-refractivity contribution < 1.29 is 31.4 Å². The Kier molecular flexibility index (Phi) is 6.28. The molecular weight excluding hydrogens is 619 g/mol. The summed E-state index contributed by atoms with van der Waals surface area (Å²) < 4.78 is 86.9. The molecule has 8 nitrogen and oxygen atoms in total. The monoisotopic (exact) mass is 650 g/mol. The molecule has 240 valence electrons. The van der Waals surface area contributed by atoms with Gasteiger partial charge in [0.25, 0.3) is 0 Å². The van der Waals surface area contributed by atoms with E-state index in [2.05, 4.69) is 14.9 Å². The van der Waals surface area contributed by atoms with Crippen molar-refractivity contribution in [3.05, 3.63) is 28.5 Å². The Balaban J connectivity index is 1.34. The van der Waals surface area contributed by atoms with E-state index in [9.17, 15) is 17.6 Å². The standard InChI is InChI=1S/C31H32ClF5N6O2/c1-42-25-20-24(40-27(41-25)44-15-29-6-3-9-43(29)13-16(33)12-29)22(34)23(18-10-17(38)11-19(32)21(18)31(35,36)37)39-26(20)45-30(7-8-30)14-28(42)4-2-5-28/h10-11,16H,2-9,12-15,38H2,1H3/t16-,29+/m1/s1. The van der Waals surface area contributed by atoms with Gasteiger partial charge in [0.1, 0.15) is 40.8 Å². The molecule has 0 radical (unpaired) electrons. The van der Waals surface area contributed by atoms with Crippen LogP contribution in [-0.4, -0.2) is 69.4 Å². The number of benzene rings is 1. The van der Waals surface area contributed by atoms with E-state index in [1.54, 1.807) is 0 Å². The maximum Gasteiger partial charge on any atom is 0.418 e. The zero-order valence-corrected chi connectivity index (χ0v) is 25.4. The second-order valence-electron chi connectivity index (χ2n) is 13.5. The Hall–Kier alpha value is -3.19.